The summed E-state index contributed by atoms with van der Waals surface area (Å²) in [6, 6.07) is 11.8. The highest BCUT2D eigenvalue weighted by Crippen LogP contribution is 2.13. The number of amides is 2. The molecule has 2 rings (SSSR count). The molecule has 132 valence electrons. The van der Waals surface area contributed by atoms with Crippen molar-refractivity contribution in [2.45, 2.75) is 26.8 Å². The zero-order valence-electron chi connectivity index (χ0n) is 14.6. The van der Waals surface area contributed by atoms with Gasteiger partial charge in [-0.3, -0.25) is 14.4 Å². The predicted molar refractivity (Wildman–Crippen MR) is 97.6 cm³/mol. The molecule has 0 atom stereocenters. The summed E-state index contributed by atoms with van der Waals surface area (Å²) in [7, 11) is 0. The molecule has 0 radical (unpaired) electrons. The van der Waals surface area contributed by atoms with Crippen LogP contribution < -0.4 is 10.9 Å². The largest absolute Gasteiger partial charge is 0.339 e. The SMILES string of the molecule is CCN(CC)C(=O)c1cccc(NC(=O)CCn2ccccc2=O)c1. The molecular formula is C19H23N3O3. The van der Waals surface area contributed by atoms with Gasteiger partial charge in [0.25, 0.3) is 11.5 Å². The summed E-state index contributed by atoms with van der Waals surface area (Å²) in [6.07, 6.45) is 1.83. The maximum atomic E-state index is 12.4. The summed E-state index contributed by atoms with van der Waals surface area (Å²) in [6.45, 7) is 5.44. The minimum Gasteiger partial charge on any atom is -0.339 e. The van der Waals surface area contributed by atoms with E-state index in [1.165, 1.54) is 10.6 Å². The van der Waals surface area contributed by atoms with E-state index in [9.17, 15) is 14.4 Å². The Morgan fingerprint density at radius 3 is 2.52 bits per heavy atom. The summed E-state index contributed by atoms with van der Waals surface area (Å²) < 4.78 is 1.49. The Bertz CT molecular complexity index is 794. The van der Waals surface area contributed by atoms with Crippen molar-refractivity contribution in [3.63, 3.8) is 0 Å². The van der Waals surface area contributed by atoms with Crippen LogP contribution in [0.4, 0.5) is 5.69 Å². The van der Waals surface area contributed by atoms with Crippen LogP contribution in [0.5, 0.6) is 0 Å². The first-order valence-corrected chi connectivity index (χ1v) is 8.39. The highest BCUT2D eigenvalue weighted by Gasteiger charge is 2.13. The third-order valence-corrected chi connectivity index (χ3v) is 3.92. The van der Waals surface area contributed by atoms with Crippen molar-refractivity contribution in [1.82, 2.24) is 9.47 Å². The normalized spacial score (nSPS) is 10.3. The number of anilines is 1. The Balaban J connectivity index is 1.99. The first kappa shape index (κ1) is 18.4. The molecule has 6 heteroatoms. The second-order valence-electron chi connectivity index (χ2n) is 5.59. The number of aromatic nitrogens is 1. The molecule has 0 aliphatic heterocycles. The van der Waals surface area contributed by atoms with E-state index >= 15 is 0 Å². The molecular weight excluding hydrogens is 318 g/mol. The Kier molecular flexibility index (Phi) is 6.51. The van der Waals surface area contributed by atoms with Gasteiger partial charge in [-0.15, -0.1) is 0 Å². The van der Waals surface area contributed by atoms with E-state index in [-0.39, 0.29) is 23.8 Å². The van der Waals surface area contributed by atoms with Crippen molar-refractivity contribution in [3.05, 3.63) is 64.6 Å². The number of aryl methyl sites for hydroxylation is 1. The van der Waals surface area contributed by atoms with Crippen molar-refractivity contribution < 1.29 is 9.59 Å². The van der Waals surface area contributed by atoms with Gasteiger partial charge in [-0.25, -0.2) is 0 Å². The van der Waals surface area contributed by atoms with Gasteiger partial charge in [0.1, 0.15) is 0 Å². The number of hydrogen-bond donors (Lipinski definition) is 1. The smallest absolute Gasteiger partial charge is 0.253 e. The average Bonchev–Trinajstić information content (AvgIpc) is 2.62. The summed E-state index contributed by atoms with van der Waals surface area (Å²) in [4.78, 5) is 37.8. The maximum absolute atomic E-state index is 12.4. The van der Waals surface area contributed by atoms with Crippen LogP contribution in [0, 0.1) is 0 Å². The number of carbonyl (C=O) groups excluding carboxylic acids is 2. The fraction of sp³-hybridized carbons (Fsp3) is 0.316. The van der Waals surface area contributed by atoms with E-state index in [1.807, 2.05) is 13.8 Å². The van der Waals surface area contributed by atoms with Gasteiger partial charge in [0.2, 0.25) is 5.91 Å². The second kappa shape index (κ2) is 8.82. The zero-order valence-corrected chi connectivity index (χ0v) is 14.6. The minimum atomic E-state index is -0.205. The number of hydrogen-bond acceptors (Lipinski definition) is 3. The number of nitrogens with one attached hydrogen (secondary N) is 1. The number of carbonyl (C=O) groups is 2. The molecule has 2 aromatic rings. The molecule has 1 aromatic carbocycles. The lowest BCUT2D eigenvalue weighted by atomic mass is 10.1. The van der Waals surface area contributed by atoms with Crippen LogP contribution in [0.1, 0.15) is 30.6 Å². The van der Waals surface area contributed by atoms with Crippen molar-refractivity contribution in [2.75, 3.05) is 18.4 Å². The van der Waals surface area contributed by atoms with Gasteiger partial charge in [-0.1, -0.05) is 12.1 Å². The van der Waals surface area contributed by atoms with Gasteiger partial charge in [0.05, 0.1) is 0 Å². The first-order valence-electron chi connectivity index (χ1n) is 8.39. The third kappa shape index (κ3) is 5.04. The van der Waals surface area contributed by atoms with Crippen LogP contribution in [-0.2, 0) is 11.3 Å². The summed E-state index contributed by atoms with van der Waals surface area (Å²) in [5.74, 6) is -0.264. The lowest BCUT2D eigenvalue weighted by Crippen LogP contribution is -2.30. The quantitative estimate of drug-likeness (QED) is 0.840. The Labute approximate surface area is 147 Å². The van der Waals surface area contributed by atoms with E-state index < -0.39 is 0 Å². The van der Waals surface area contributed by atoms with E-state index in [0.29, 0.717) is 30.9 Å². The van der Waals surface area contributed by atoms with Crippen molar-refractivity contribution >= 4 is 17.5 Å². The van der Waals surface area contributed by atoms with E-state index in [0.717, 1.165) is 0 Å². The Morgan fingerprint density at radius 2 is 1.84 bits per heavy atom. The first-order chi connectivity index (χ1) is 12.0. The van der Waals surface area contributed by atoms with Crippen LogP contribution in [0.2, 0.25) is 0 Å². The van der Waals surface area contributed by atoms with Gasteiger partial charge in [-0.05, 0) is 38.1 Å². The van der Waals surface area contributed by atoms with Gasteiger partial charge in [0.15, 0.2) is 0 Å². The number of nitrogens with zero attached hydrogens (tertiary/aromatic N) is 2. The zero-order chi connectivity index (χ0) is 18.2. The Hall–Kier alpha value is -2.89. The van der Waals surface area contributed by atoms with Gasteiger partial charge in [-0.2, -0.15) is 0 Å². The number of rotatable bonds is 7. The molecule has 0 saturated heterocycles. The van der Waals surface area contributed by atoms with Crippen LogP contribution >= 0.6 is 0 Å². The minimum absolute atomic E-state index is 0.0584. The molecule has 0 unspecified atom stereocenters. The van der Waals surface area contributed by atoms with Crippen molar-refractivity contribution in [2.24, 2.45) is 0 Å². The predicted octanol–water partition coefficient (Wildman–Crippen LogP) is 2.36. The molecule has 1 aromatic heterocycles. The molecule has 0 spiro atoms. The van der Waals surface area contributed by atoms with E-state index in [4.69, 9.17) is 0 Å². The highest BCUT2D eigenvalue weighted by atomic mass is 16.2. The lowest BCUT2D eigenvalue weighted by molar-refractivity contribution is -0.116. The van der Waals surface area contributed by atoms with E-state index in [2.05, 4.69) is 5.32 Å². The van der Waals surface area contributed by atoms with Crippen molar-refractivity contribution in [1.29, 1.82) is 0 Å². The van der Waals surface area contributed by atoms with Gasteiger partial charge in [0, 0.05) is 49.6 Å². The average molecular weight is 341 g/mol. The molecule has 0 aliphatic rings. The maximum Gasteiger partial charge on any atom is 0.253 e. The topological polar surface area (TPSA) is 71.4 Å². The summed E-state index contributed by atoms with van der Waals surface area (Å²) >= 11 is 0. The number of benzene rings is 1. The monoisotopic (exact) mass is 341 g/mol. The van der Waals surface area contributed by atoms with Crippen LogP contribution in [-0.4, -0.2) is 34.4 Å². The molecule has 2 amide bonds. The molecule has 0 fully saturated rings. The standard InChI is InChI=1S/C19H23N3O3/c1-3-21(4-2)19(25)15-8-7-9-16(14-15)20-17(23)11-13-22-12-6-5-10-18(22)24/h5-10,12,14H,3-4,11,13H2,1-2H3,(H,20,23). The van der Waals surface area contributed by atoms with Crippen LogP contribution in [0.3, 0.4) is 0 Å². The van der Waals surface area contributed by atoms with E-state index in [1.54, 1.807) is 47.5 Å². The Morgan fingerprint density at radius 1 is 1.08 bits per heavy atom. The molecule has 0 aliphatic carbocycles. The fourth-order valence-corrected chi connectivity index (χ4v) is 2.51. The molecule has 6 nitrogen and oxygen atoms in total. The lowest BCUT2D eigenvalue weighted by Gasteiger charge is -2.19. The molecule has 0 saturated carbocycles. The van der Waals surface area contributed by atoms with Crippen molar-refractivity contribution in [3.8, 4) is 0 Å². The summed E-state index contributed by atoms with van der Waals surface area (Å²) in [5.41, 5.74) is 0.978. The van der Waals surface area contributed by atoms with Crippen LogP contribution in [0.25, 0.3) is 0 Å². The van der Waals surface area contributed by atoms with Gasteiger partial charge < -0.3 is 14.8 Å². The second-order valence-corrected chi connectivity index (χ2v) is 5.59. The molecule has 1 N–H and O–H groups in total. The number of pyridine rings is 1. The molecule has 0 bridgehead atoms. The molecule has 1 heterocycles. The highest BCUT2D eigenvalue weighted by molar-refractivity contribution is 5.97. The third-order valence-electron chi connectivity index (χ3n) is 3.92. The summed E-state index contributed by atoms with van der Waals surface area (Å²) in [5, 5.41) is 2.78. The fourth-order valence-electron chi connectivity index (χ4n) is 2.51. The van der Waals surface area contributed by atoms with Gasteiger partial charge >= 0.3 is 0 Å². The molecule has 25 heavy (non-hydrogen) atoms. The van der Waals surface area contributed by atoms with Crippen LogP contribution in [0.15, 0.2) is 53.5 Å².